The smallest absolute Gasteiger partial charge is 0.338 e. The van der Waals surface area contributed by atoms with Gasteiger partial charge in [0.1, 0.15) is 17.4 Å². The van der Waals surface area contributed by atoms with E-state index < -0.39 is 5.91 Å². The predicted molar refractivity (Wildman–Crippen MR) is 112 cm³/mol. The fourth-order valence-corrected chi connectivity index (χ4v) is 2.64. The lowest BCUT2D eigenvalue weighted by Crippen LogP contribution is -2.28. The van der Waals surface area contributed by atoms with E-state index >= 15 is 0 Å². The molecule has 7 heteroatoms. The number of rotatable bonds is 9. The van der Waals surface area contributed by atoms with Gasteiger partial charge in [0, 0.05) is 12.7 Å². The molecule has 1 atom stereocenters. The van der Waals surface area contributed by atoms with E-state index in [1.807, 2.05) is 37.3 Å². The molecule has 0 aliphatic heterocycles. The lowest BCUT2D eigenvalue weighted by molar-refractivity contribution is -0.117. The van der Waals surface area contributed by atoms with Gasteiger partial charge < -0.3 is 20.1 Å². The van der Waals surface area contributed by atoms with Crippen LogP contribution in [0.25, 0.3) is 0 Å². The first-order valence-electron chi connectivity index (χ1n) is 9.53. The van der Waals surface area contributed by atoms with Crippen molar-refractivity contribution in [2.75, 3.05) is 13.7 Å². The number of nitrogens with zero attached hydrogens (tertiary/aromatic N) is 1. The van der Waals surface area contributed by atoms with Crippen molar-refractivity contribution in [1.82, 2.24) is 10.6 Å². The largest absolute Gasteiger partial charge is 0.497 e. The Hall–Kier alpha value is -3.79. The van der Waals surface area contributed by atoms with Crippen LogP contribution in [0.3, 0.4) is 0 Å². The van der Waals surface area contributed by atoms with Crippen molar-refractivity contribution in [3.63, 3.8) is 0 Å². The maximum absolute atomic E-state index is 12.4. The minimum absolute atomic E-state index is 0.0292. The van der Waals surface area contributed by atoms with Crippen LogP contribution in [0.1, 0.15) is 41.4 Å². The van der Waals surface area contributed by atoms with Gasteiger partial charge in [0.05, 0.1) is 25.3 Å². The quantitative estimate of drug-likeness (QED) is 0.376. The van der Waals surface area contributed by atoms with Crippen LogP contribution in [0.4, 0.5) is 0 Å². The number of esters is 1. The molecule has 0 spiro atoms. The second-order valence-corrected chi connectivity index (χ2v) is 6.44. The lowest BCUT2D eigenvalue weighted by Gasteiger charge is -2.14. The van der Waals surface area contributed by atoms with Crippen LogP contribution in [0.5, 0.6) is 5.75 Å². The Bertz CT molecular complexity index is 928. The normalized spacial score (nSPS) is 11.7. The van der Waals surface area contributed by atoms with E-state index in [-0.39, 0.29) is 17.6 Å². The maximum atomic E-state index is 12.4. The first kappa shape index (κ1) is 22.5. The standard InChI is InChI=1S/C23H25N3O4/c1-4-30-23(28)19-7-5-17(6-8-19)14-25-15-20(13-24)22(27)26-16(2)18-9-11-21(29-3)12-10-18/h5-12,15-16,25H,4,14H2,1-3H3,(H,26,27)/b20-15-. The third-order valence-electron chi connectivity index (χ3n) is 4.35. The zero-order chi connectivity index (χ0) is 21.9. The molecule has 30 heavy (non-hydrogen) atoms. The molecule has 0 aromatic heterocycles. The van der Waals surface area contributed by atoms with Gasteiger partial charge in [-0.25, -0.2) is 4.79 Å². The van der Waals surface area contributed by atoms with Crippen molar-refractivity contribution in [2.45, 2.75) is 26.4 Å². The van der Waals surface area contributed by atoms with Gasteiger partial charge in [0.15, 0.2) is 0 Å². The summed E-state index contributed by atoms with van der Waals surface area (Å²) in [6.45, 7) is 4.31. The van der Waals surface area contributed by atoms with E-state index in [1.165, 1.54) is 6.20 Å². The molecule has 0 bridgehead atoms. The average molecular weight is 407 g/mol. The van der Waals surface area contributed by atoms with Crippen molar-refractivity contribution in [2.24, 2.45) is 0 Å². The summed E-state index contributed by atoms with van der Waals surface area (Å²) in [7, 11) is 1.59. The molecule has 2 rings (SSSR count). The van der Waals surface area contributed by atoms with Gasteiger partial charge in [-0.05, 0) is 49.2 Å². The molecule has 0 aliphatic carbocycles. The number of carbonyl (C=O) groups is 2. The fourth-order valence-electron chi connectivity index (χ4n) is 2.64. The lowest BCUT2D eigenvalue weighted by atomic mass is 10.1. The highest BCUT2D eigenvalue weighted by Gasteiger charge is 2.14. The Morgan fingerprint density at radius 1 is 1.13 bits per heavy atom. The first-order chi connectivity index (χ1) is 14.5. The van der Waals surface area contributed by atoms with E-state index in [0.717, 1.165) is 16.9 Å². The molecule has 0 fully saturated rings. The van der Waals surface area contributed by atoms with Crippen LogP contribution in [0.15, 0.2) is 60.3 Å². The molecule has 0 heterocycles. The molecular formula is C23H25N3O4. The highest BCUT2D eigenvalue weighted by atomic mass is 16.5. The third-order valence-corrected chi connectivity index (χ3v) is 4.35. The molecule has 2 aromatic rings. The summed E-state index contributed by atoms with van der Waals surface area (Å²) in [4.78, 5) is 24.0. The first-order valence-corrected chi connectivity index (χ1v) is 9.53. The van der Waals surface area contributed by atoms with Crippen molar-refractivity contribution >= 4 is 11.9 Å². The van der Waals surface area contributed by atoms with Gasteiger partial charge in [-0.2, -0.15) is 5.26 Å². The molecule has 1 unspecified atom stereocenters. The summed E-state index contributed by atoms with van der Waals surface area (Å²) in [5.41, 5.74) is 2.24. The Morgan fingerprint density at radius 2 is 1.80 bits per heavy atom. The number of methoxy groups -OCH3 is 1. The number of benzene rings is 2. The van der Waals surface area contributed by atoms with E-state index in [4.69, 9.17) is 9.47 Å². The van der Waals surface area contributed by atoms with Crippen molar-refractivity contribution in [3.05, 3.63) is 77.0 Å². The molecule has 156 valence electrons. The number of carbonyl (C=O) groups excluding carboxylic acids is 2. The maximum Gasteiger partial charge on any atom is 0.338 e. The molecular weight excluding hydrogens is 382 g/mol. The minimum Gasteiger partial charge on any atom is -0.497 e. The molecule has 7 nitrogen and oxygen atoms in total. The Morgan fingerprint density at radius 3 is 2.37 bits per heavy atom. The van der Waals surface area contributed by atoms with E-state index in [9.17, 15) is 14.9 Å². The topological polar surface area (TPSA) is 100 Å². The minimum atomic E-state index is -0.467. The van der Waals surface area contributed by atoms with Crippen LogP contribution in [0, 0.1) is 11.3 Å². The fraction of sp³-hybridized carbons (Fsp3) is 0.261. The molecule has 0 radical (unpaired) electrons. The van der Waals surface area contributed by atoms with Crippen LogP contribution in [0.2, 0.25) is 0 Å². The highest BCUT2D eigenvalue weighted by molar-refractivity contribution is 5.97. The molecule has 1 amide bonds. The van der Waals surface area contributed by atoms with Gasteiger partial charge in [0.25, 0.3) is 5.91 Å². The molecule has 0 saturated carbocycles. The van der Waals surface area contributed by atoms with Crippen LogP contribution in [-0.2, 0) is 16.1 Å². The van der Waals surface area contributed by atoms with Gasteiger partial charge in [0.2, 0.25) is 0 Å². The second-order valence-electron chi connectivity index (χ2n) is 6.44. The van der Waals surface area contributed by atoms with E-state index in [1.54, 1.807) is 38.3 Å². The number of amides is 1. The number of nitriles is 1. The summed E-state index contributed by atoms with van der Waals surface area (Å²) in [6.07, 6.45) is 1.38. The molecule has 2 aromatic carbocycles. The van der Waals surface area contributed by atoms with Crippen LogP contribution in [-0.4, -0.2) is 25.6 Å². The van der Waals surface area contributed by atoms with Crippen LogP contribution >= 0.6 is 0 Å². The Labute approximate surface area is 176 Å². The number of hydrogen-bond acceptors (Lipinski definition) is 6. The summed E-state index contributed by atoms with van der Waals surface area (Å²) >= 11 is 0. The monoisotopic (exact) mass is 407 g/mol. The second kappa shape index (κ2) is 11.3. The average Bonchev–Trinajstić information content (AvgIpc) is 2.77. The summed E-state index contributed by atoms with van der Waals surface area (Å²) in [5, 5.41) is 15.1. The van der Waals surface area contributed by atoms with Gasteiger partial charge >= 0.3 is 5.97 Å². The van der Waals surface area contributed by atoms with E-state index in [2.05, 4.69) is 10.6 Å². The third kappa shape index (κ3) is 6.38. The Balaban J connectivity index is 1.92. The molecule has 2 N–H and O–H groups in total. The number of nitrogens with one attached hydrogen (secondary N) is 2. The van der Waals surface area contributed by atoms with Crippen molar-refractivity contribution in [1.29, 1.82) is 5.26 Å². The zero-order valence-corrected chi connectivity index (χ0v) is 17.3. The van der Waals surface area contributed by atoms with Gasteiger partial charge in [-0.3, -0.25) is 4.79 Å². The number of ether oxygens (including phenoxy) is 2. The Kier molecular flexibility index (Phi) is 8.45. The van der Waals surface area contributed by atoms with Gasteiger partial charge in [-0.1, -0.05) is 24.3 Å². The molecule has 0 aliphatic rings. The van der Waals surface area contributed by atoms with E-state index in [0.29, 0.717) is 18.7 Å². The van der Waals surface area contributed by atoms with Crippen molar-refractivity contribution in [3.8, 4) is 11.8 Å². The number of hydrogen-bond donors (Lipinski definition) is 2. The van der Waals surface area contributed by atoms with Gasteiger partial charge in [-0.15, -0.1) is 0 Å². The summed E-state index contributed by atoms with van der Waals surface area (Å²) in [5.74, 6) is -0.105. The molecule has 0 saturated heterocycles. The highest BCUT2D eigenvalue weighted by Crippen LogP contribution is 2.17. The van der Waals surface area contributed by atoms with Crippen molar-refractivity contribution < 1.29 is 19.1 Å². The summed E-state index contributed by atoms with van der Waals surface area (Å²) in [6, 6.07) is 15.9. The summed E-state index contributed by atoms with van der Waals surface area (Å²) < 4.78 is 10.1. The zero-order valence-electron chi connectivity index (χ0n) is 17.3. The predicted octanol–water partition coefficient (Wildman–Crippen LogP) is 3.25. The van der Waals surface area contributed by atoms with Crippen LogP contribution < -0.4 is 15.4 Å². The SMILES string of the molecule is CCOC(=O)c1ccc(CN/C=C(/C#N)C(=O)NC(C)c2ccc(OC)cc2)cc1.